The Hall–Kier alpha value is -2.16. The fourth-order valence-electron chi connectivity index (χ4n) is 2.82. The minimum absolute atomic E-state index is 0.170. The highest BCUT2D eigenvalue weighted by atomic mass is 19.1. The summed E-state index contributed by atoms with van der Waals surface area (Å²) in [5.74, 6) is -0.442. The van der Waals surface area contributed by atoms with Crippen molar-refractivity contribution in [1.82, 2.24) is 0 Å². The van der Waals surface area contributed by atoms with Crippen LogP contribution < -0.4 is 4.90 Å². The average Bonchev–Trinajstić information content (AvgIpc) is 2.58. The molecule has 0 atom stereocenters. The molecule has 0 unspecified atom stereocenters. The number of halogens is 1. The molecule has 0 amide bonds. The molecule has 0 N–H and O–H groups in total. The molecule has 0 aliphatic carbocycles. The molecule has 0 aromatic heterocycles. The highest BCUT2D eigenvalue weighted by molar-refractivity contribution is 5.85. The van der Waals surface area contributed by atoms with E-state index in [-0.39, 0.29) is 5.56 Å². The fraction of sp³-hybridized carbons (Fsp3) is 0.350. The summed E-state index contributed by atoms with van der Waals surface area (Å²) in [5, 5.41) is 0. The van der Waals surface area contributed by atoms with Gasteiger partial charge in [0.25, 0.3) is 0 Å². The van der Waals surface area contributed by atoms with Gasteiger partial charge < -0.3 is 4.90 Å². The number of aryl methyl sites for hydroxylation is 1. The van der Waals surface area contributed by atoms with Crippen LogP contribution in [-0.4, -0.2) is 19.4 Å². The van der Waals surface area contributed by atoms with Gasteiger partial charge in [-0.2, -0.15) is 0 Å². The van der Waals surface area contributed by atoms with Crippen LogP contribution in [0, 0.1) is 5.82 Å². The summed E-state index contributed by atoms with van der Waals surface area (Å²) >= 11 is 0. The number of hydrogen-bond acceptors (Lipinski definition) is 2. The van der Waals surface area contributed by atoms with Crippen molar-refractivity contribution in [1.29, 1.82) is 0 Å². The standard InChI is InChI=1S/C20H24FNO/c1-2-14-22(20-13-8-12-19(21)18(20)16-23)15-7-6-11-17-9-4-3-5-10-17/h3-5,8-10,12-13,16H,2,6-7,11,14-15H2,1H3. The molecule has 2 aromatic rings. The Kier molecular flexibility index (Phi) is 6.79. The number of unbranched alkanes of at least 4 members (excludes halogenated alkanes) is 1. The third kappa shape index (κ3) is 4.92. The molecule has 122 valence electrons. The molecule has 2 nitrogen and oxygen atoms in total. The van der Waals surface area contributed by atoms with E-state index in [2.05, 4.69) is 36.1 Å². The summed E-state index contributed by atoms with van der Waals surface area (Å²) in [7, 11) is 0. The van der Waals surface area contributed by atoms with E-state index in [1.165, 1.54) is 11.6 Å². The number of nitrogens with zero attached hydrogens (tertiary/aromatic N) is 1. The molecule has 3 heteroatoms. The second kappa shape index (κ2) is 9.09. The normalized spacial score (nSPS) is 10.5. The lowest BCUT2D eigenvalue weighted by Crippen LogP contribution is -2.26. The molecule has 23 heavy (non-hydrogen) atoms. The predicted molar refractivity (Wildman–Crippen MR) is 93.7 cm³/mol. The third-order valence-electron chi connectivity index (χ3n) is 3.97. The lowest BCUT2D eigenvalue weighted by Gasteiger charge is -2.26. The quantitative estimate of drug-likeness (QED) is 0.486. The fourth-order valence-corrected chi connectivity index (χ4v) is 2.82. The number of carbonyl (C=O) groups is 1. The molecule has 2 rings (SSSR count). The van der Waals surface area contributed by atoms with Gasteiger partial charge in [0.2, 0.25) is 0 Å². The van der Waals surface area contributed by atoms with Gasteiger partial charge in [0.15, 0.2) is 6.29 Å². The highest BCUT2D eigenvalue weighted by Crippen LogP contribution is 2.22. The third-order valence-corrected chi connectivity index (χ3v) is 3.97. The number of aldehydes is 1. The number of benzene rings is 2. The Balaban J connectivity index is 1.96. The van der Waals surface area contributed by atoms with Gasteiger partial charge >= 0.3 is 0 Å². The second-order valence-corrected chi connectivity index (χ2v) is 5.72. The summed E-state index contributed by atoms with van der Waals surface area (Å²) in [4.78, 5) is 13.3. The van der Waals surface area contributed by atoms with E-state index in [1.807, 2.05) is 12.1 Å². The van der Waals surface area contributed by atoms with Crippen molar-refractivity contribution >= 4 is 12.0 Å². The maximum absolute atomic E-state index is 13.8. The zero-order valence-corrected chi connectivity index (χ0v) is 13.7. The monoisotopic (exact) mass is 313 g/mol. The minimum atomic E-state index is -0.442. The summed E-state index contributed by atoms with van der Waals surface area (Å²) in [5.41, 5.74) is 2.22. The van der Waals surface area contributed by atoms with E-state index in [4.69, 9.17) is 0 Å². The van der Waals surface area contributed by atoms with Crippen LogP contribution >= 0.6 is 0 Å². The molecule has 0 spiro atoms. The topological polar surface area (TPSA) is 20.3 Å². The van der Waals surface area contributed by atoms with Gasteiger partial charge in [-0.1, -0.05) is 43.3 Å². The van der Waals surface area contributed by atoms with E-state index in [1.54, 1.807) is 6.07 Å². The van der Waals surface area contributed by atoms with Gasteiger partial charge in [0.05, 0.1) is 11.3 Å². The van der Waals surface area contributed by atoms with E-state index in [9.17, 15) is 9.18 Å². The zero-order valence-electron chi connectivity index (χ0n) is 13.7. The Morgan fingerprint density at radius 3 is 2.48 bits per heavy atom. The maximum atomic E-state index is 13.8. The summed E-state index contributed by atoms with van der Waals surface area (Å²) in [6, 6.07) is 15.3. The largest absolute Gasteiger partial charge is 0.371 e. The first kappa shape index (κ1) is 17.2. The van der Waals surface area contributed by atoms with Crippen molar-refractivity contribution in [2.24, 2.45) is 0 Å². The van der Waals surface area contributed by atoms with Crippen LogP contribution in [0.15, 0.2) is 48.5 Å². The van der Waals surface area contributed by atoms with Crippen molar-refractivity contribution in [2.45, 2.75) is 32.6 Å². The number of rotatable bonds is 9. The van der Waals surface area contributed by atoms with Crippen LogP contribution in [0.4, 0.5) is 10.1 Å². The first-order valence-electron chi connectivity index (χ1n) is 8.28. The van der Waals surface area contributed by atoms with E-state index in [0.29, 0.717) is 12.0 Å². The molecule has 0 bridgehead atoms. The number of anilines is 1. The number of carbonyl (C=O) groups excluding carboxylic acids is 1. The van der Waals surface area contributed by atoms with E-state index in [0.717, 1.165) is 38.8 Å². The molecule has 2 aromatic carbocycles. The smallest absolute Gasteiger partial charge is 0.155 e. The van der Waals surface area contributed by atoms with Crippen molar-refractivity contribution in [3.63, 3.8) is 0 Å². The Morgan fingerprint density at radius 2 is 1.78 bits per heavy atom. The van der Waals surface area contributed by atoms with Crippen LogP contribution in [0.2, 0.25) is 0 Å². The summed E-state index contributed by atoms with van der Waals surface area (Å²) < 4.78 is 13.8. The predicted octanol–water partition coefficient (Wildman–Crippen LogP) is 4.88. The van der Waals surface area contributed by atoms with Crippen molar-refractivity contribution in [2.75, 3.05) is 18.0 Å². The van der Waals surface area contributed by atoms with Crippen molar-refractivity contribution in [3.05, 3.63) is 65.5 Å². The molecule has 0 radical (unpaired) electrons. The molecule has 0 fully saturated rings. The van der Waals surface area contributed by atoms with Crippen LogP contribution in [0.1, 0.15) is 42.1 Å². The highest BCUT2D eigenvalue weighted by Gasteiger charge is 2.13. The molecular weight excluding hydrogens is 289 g/mol. The SMILES string of the molecule is CCCN(CCCCc1ccccc1)c1cccc(F)c1C=O. The summed E-state index contributed by atoms with van der Waals surface area (Å²) in [6.07, 6.45) is 4.73. The molecule has 0 heterocycles. The average molecular weight is 313 g/mol. The lowest BCUT2D eigenvalue weighted by atomic mass is 10.1. The molecule has 0 aliphatic heterocycles. The minimum Gasteiger partial charge on any atom is -0.371 e. The van der Waals surface area contributed by atoms with Crippen molar-refractivity contribution in [3.8, 4) is 0 Å². The second-order valence-electron chi connectivity index (χ2n) is 5.72. The first-order chi connectivity index (χ1) is 11.3. The van der Waals surface area contributed by atoms with Crippen LogP contribution in [0.5, 0.6) is 0 Å². The van der Waals surface area contributed by atoms with E-state index >= 15 is 0 Å². The molecule has 0 saturated heterocycles. The first-order valence-corrected chi connectivity index (χ1v) is 8.28. The molecule has 0 saturated carbocycles. The van der Waals surface area contributed by atoms with Gasteiger partial charge in [0, 0.05) is 13.1 Å². The molecular formula is C20H24FNO. The lowest BCUT2D eigenvalue weighted by molar-refractivity contribution is 0.112. The molecule has 0 aliphatic rings. The summed E-state index contributed by atoms with van der Waals surface area (Å²) in [6.45, 7) is 3.76. The number of hydrogen-bond donors (Lipinski definition) is 0. The van der Waals surface area contributed by atoms with Crippen LogP contribution in [-0.2, 0) is 6.42 Å². The van der Waals surface area contributed by atoms with E-state index < -0.39 is 5.82 Å². The maximum Gasteiger partial charge on any atom is 0.155 e. The Morgan fingerprint density at radius 1 is 1.00 bits per heavy atom. The zero-order chi connectivity index (χ0) is 16.5. The van der Waals surface area contributed by atoms with Crippen LogP contribution in [0.25, 0.3) is 0 Å². The van der Waals surface area contributed by atoms with Gasteiger partial charge in [-0.05, 0) is 43.4 Å². The van der Waals surface area contributed by atoms with Crippen molar-refractivity contribution < 1.29 is 9.18 Å². The van der Waals surface area contributed by atoms with Crippen LogP contribution in [0.3, 0.4) is 0 Å². The Labute approximate surface area is 137 Å². The van der Waals surface area contributed by atoms with Gasteiger partial charge in [-0.25, -0.2) is 4.39 Å². The van der Waals surface area contributed by atoms with Gasteiger partial charge in [-0.3, -0.25) is 4.79 Å². The Bertz CT molecular complexity index is 612. The van der Waals surface area contributed by atoms with Gasteiger partial charge in [0.1, 0.15) is 5.82 Å². The van der Waals surface area contributed by atoms with Gasteiger partial charge in [-0.15, -0.1) is 0 Å².